The number of nitrogens with one attached hydrogen (secondary N) is 1. The van der Waals surface area contributed by atoms with Gasteiger partial charge in [-0.25, -0.2) is 8.42 Å². The Morgan fingerprint density at radius 2 is 2.00 bits per heavy atom. The lowest BCUT2D eigenvalue weighted by atomic mass is 9.94. The van der Waals surface area contributed by atoms with E-state index in [0.29, 0.717) is 13.0 Å². The van der Waals surface area contributed by atoms with Gasteiger partial charge < -0.3 is 15.3 Å². The molecule has 2 atom stereocenters. The first-order valence-electron chi connectivity index (χ1n) is 8.24. The molecule has 2 rings (SSSR count). The first kappa shape index (κ1) is 18.9. The van der Waals surface area contributed by atoms with Crippen LogP contribution in [0.4, 0.5) is 0 Å². The molecule has 0 bridgehead atoms. The number of hydrogen-bond donors (Lipinski definition) is 2. The molecule has 1 aliphatic rings. The number of carbonyl (C=O) groups excluding carboxylic acids is 1. The summed E-state index contributed by atoms with van der Waals surface area (Å²) < 4.78 is 22.4. The van der Waals surface area contributed by atoms with Gasteiger partial charge in [0.1, 0.15) is 9.84 Å². The molecule has 0 saturated carbocycles. The third kappa shape index (κ3) is 5.89. The van der Waals surface area contributed by atoms with Crippen LogP contribution in [0.25, 0.3) is 0 Å². The molecule has 134 valence electrons. The molecule has 1 aromatic rings. The van der Waals surface area contributed by atoms with Gasteiger partial charge in [0.05, 0.1) is 5.75 Å². The van der Waals surface area contributed by atoms with E-state index in [9.17, 15) is 13.2 Å². The van der Waals surface area contributed by atoms with E-state index in [4.69, 9.17) is 5.11 Å². The Balaban J connectivity index is 2.02. The van der Waals surface area contributed by atoms with Crippen LogP contribution in [-0.2, 0) is 14.6 Å². The lowest BCUT2D eigenvalue weighted by Gasteiger charge is -2.20. The number of rotatable bonds is 8. The second-order valence-electron chi connectivity index (χ2n) is 6.41. The van der Waals surface area contributed by atoms with Crippen LogP contribution in [0.1, 0.15) is 24.3 Å². The van der Waals surface area contributed by atoms with E-state index in [0.717, 1.165) is 24.9 Å². The standard InChI is InChI=1S/C17H26N2O4S/c1-24(22,23)11-8-17(21)18-16-13-19(9-5-10-20)12-15(16)14-6-3-2-4-7-14/h2-4,6-7,15-16,20H,5,8-13H2,1H3,(H,18,21)/t15-,16+/m0/s1. The van der Waals surface area contributed by atoms with Gasteiger partial charge in [0.2, 0.25) is 5.91 Å². The summed E-state index contributed by atoms with van der Waals surface area (Å²) in [4.78, 5) is 14.3. The van der Waals surface area contributed by atoms with Crippen molar-refractivity contribution >= 4 is 15.7 Å². The summed E-state index contributed by atoms with van der Waals surface area (Å²) in [5, 5.41) is 12.0. The van der Waals surface area contributed by atoms with Crippen molar-refractivity contribution in [2.45, 2.75) is 24.8 Å². The number of amides is 1. The Bertz CT molecular complexity index is 633. The smallest absolute Gasteiger partial charge is 0.221 e. The number of likely N-dealkylation sites (tertiary alicyclic amines) is 1. The van der Waals surface area contributed by atoms with E-state index < -0.39 is 9.84 Å². The highest BCUT2D eigenvalue weighted by atomic mass is 32.2. The molecule has 6 nitrogen and oxygen atoms in total. The molecule has 2 N–H and O–H groups in total. The predicted molar refractivity (Wildman–Crippen MR) is 93.6 cm³/mol. The molecular weight excluding hydrogens is 328 g/mol. The maximum absolute atomic E-state index is 12.1. The fourth-order valence-corrected chi connectivity index (χ4v) is 3.66. The van der Waals surface area contributed by atoms with Crippen LogP contribution >= 0.6 is 0 Å². The molecule has 0 aromatic heterocycles. The molecule has 1 fully saturated rings. The maximum atomic E-state index is 12.1. The van der Waals surface area contributed by atoms with Gasteiger partial charge >= 0.3 is 0 Å². The van der Waals surface area contributed by atoms with Crippen LogP contribution in [0.3, 0.4) is 0 Å². The van der Waals surface area contributed by atoms with Crippen molar-refractivity contribution in [3.8, 4) is 0 Å². The topological polar surface area (TPSA) is 86.7 Å². The van der Waals surface area contributed by atoms with E-state index in [1.807, 2.05) is 18.2 Å². The Morgan fingerprint density at radius 3 is 2.62 bits per heavy atom. The lowest BCUT2D eigenvalue weighted by Crippen LogP contribution is -2.40. The number of aliphatic hydroxyl groups excluding tert-OH is 1. The predicted octanol–water partition coefficient (Wildman–Crippen LogP) is 0.388. The fourth-order valence-electron chi connectivity index (χ4n) is 3.10. The first-order chi connectivity index (χ1) is 11.4. The summed E-state index contributed by atoms with van der Waals surface area (Å²) in [7, 11) is -3.14. The number of benzene rings is 1. The Labute approximate surface area is 143 Å². The van der Waals surface area contributed by atoms with Crippen molar-refractivity contribution in [1.29, 1.82) is 0 Å². The quantitative estimate of drug-likeness (QED) is 0.705. The second kappa shape index (κ2) is 8.60. The maximum Gasteiger partial charge on any atom is 0.221 e. The van der Waals surface area contributed by atoms with Crippen molar-refractivity contribution in [3.05, 3.63) is 35.9 Å². The molecule has 1 heterocycles. The molecule has 0 radical (unpaired) electrons. The summed E-state index contributed by atoms with van der Waals surface area (Å²) in [6, 6.07) is 9.98. The zero-order valence-electron chi connectivity index (χ0n) is 14.0. The molecule has 1 saturated heterocycles. The van der Waals surface area contributed by atoms with Gasteiger partial charge in [0.25, 0.3) is 0 Å². The Kier molecular flexibility index (Phi) is 6.77. The molecule has 1 aromatic carbocycles. The third-order valence-electron chi connectivity index (χ3n) is 4.30. The largest absolute Gasteiger partial charge is 0.396 e. The molecular formula is C17H26N2O4S. The normalized spacial score (nSPS) is 21.8. The van der Waals surface area contributed by atoms with Crippen molar-refractivity contribution in [2.24, 2.45) is 0 Å². The highest BCUT2D eigenvalue weighted by molar-refractivity contribution is 7.90. The zero-order valence-corrected chi connectivity index (χ0v) is 14.8. The summed E-state index contributed by atoms with van der Waals surface area (Å²) in [6.45, 7) is 2.47. The molecule has 24 heavy (non-hydrogen) atoms. The SMILES string of the molecule is CS(=O)(=O)CCC(=O)N[C@@H]1CN(CCCO)C[C@H]1c1ccccc1. The van der Waals surface area contributed by atoms with Gasteiger partial charge in [0.15, 0.2) is 0 Å². The summed E-state index contributed by atoms with van der Waals surface area (Å²) in [5.41, 5.74) is 1.16. The minimum absolute atomic E-state index is 0.00647. The van der Waals surface area contributed by atoms with E-state index in [1.165, 1.54) is 0 Å². The average molecular weight is 354 g/mol. The lowest BCUT2D eigenvalue weighted by molar-refractivity contribution is -0.121. The number of sulfone groups is 1. The molecule has 1 aliphatic heterocycles. The van der Waals surface area contributed by atoms with Crippen LogP contribution in [0.5, 0.6) is 0 Å². The molecule has 0 unspecified atom stereocenters. The van der Waals surface area contributed by atoms with Crippen LogP contribution in [0, 0.1) is 0 Å². The van der Waals surface area contributed by atoms with E-state index in [2.05, 4.69) is 22.3 Å². The molecule has 0 aliphatic carbocycles. The van der Waals surface area contributed by atoms with Crippen molar-refractivity contribution < 1.29 is 18.3 Å². The van der Waals surface area contributed by atoms with E-state index in [-0.39, 0.29) is 36.6 Å². The Hall–Kier alpha value is -1.44. The van der Waals surface area contributed by atoms with Crippen molar-refractivity contribution in [2.75, 3.05) is 38.2 Å². The van der Waals surface area contributed by atoms with Gasteiger partial charge in [0, 0.05) is 50.9 Å². The van der Waals surface area contributed by atoms with Gasteiger partial charge in [-0.15, -0.1) is 0 Å². The number of aliphatic hydroxyl groups is 1. The third-order valence-corrected chi connectivity index (χ3v) is 5.25. The fraction of sp³-hybridized carbons (Fsp3) is 0.588. The average Bonchev–Trinajstić information content (AvgIpc) is 2.94. The Morgan fingerprint density at radius 1 is 1.29 bits per heavy atom. The highest BCUT2D eigenvalue weighted by Gasteiger charge is 2.34. The highest BCUT2D eigenvalue weighted by Crippen LogP contribution is 2.27. The van der Waals surface area contributed by atoms with Gasteiger partial charge in [-0.3, -0.25) is 4.79 Å². The van der Waals surface area contributed by atoms with Crippen molar-refractivity contribution in [3.63, 3.8) is 0 Å². The van der Waals surface area contributed by atoms with Crippen LogP contribution in [0.2, 0.25) is 0 Å². The van der Waals surface area contributed by atoms with Crippen LogP contribution in [-0.4, -0.2) is 68.6 Å². The molecule has 7 heteroatoms. The minimum atomic E-state index is -3.14. The number of carbonyl (C=O) groups is 1. The van der Waals surface area contributed by atoms with Gasteiger partial charge in [-0.1, -0.05) is 30.3 Å². The monoisotopic (exact) mass is 354 g/mol. The van der Waals surface area contributed by atoms with Crippen LogP contribution in [0.15, 0.2) is 30.3 Å². The molecule has 0 spiro atoms. The number of nitrogens with zero attached hydrogens (tertiary/aromatic N) is 1. The second-order valence-corrected chi connectivity index (χ2v) is 8.67. The van der Waals surface area contributed by atoms with E-state index >= 15 is 0 Å². The van der Waals surface area contributed by atoms with Crippen molar-refractivity contribution in [1.82, 2.24) is 10.2 Å². The van der Waals surface area contributed by atoms with Crippen LogP contribution < -0.4 is 5.32 Å². The number of hydrogen-bond acceptors (Lipinski definition) is 5. The summed E-state index contributed by atoms with van der Waals surface area (Å²) in [6.07, 6.45) is 1.84. The minimum Gasteiger partial charge on any atom is -0.396 e. The first-order valence-corrected chi connectivity index (χ1v) is 10.3. The van der Waals surface area contributed by atoms with E-state index in [1.54, 1.807) is 0 Å². The van der Waals surface area contributed by atoms with Gasteiger partial charge in [-0.05, 0) is 12.0 Å². The summed E-state index contributed by atoms with van der Waals surface area (Å²) in [5.74, 6) is -0.182. The van der Waals surface area contributed by atoms with Gasteiger partial charge in [-0.2, -0.15) is 0 Å². The zero-order chi connectivity index (χ0) is 17.6. The molecule has 1 amide bonds. The summed E-state index contributed by atoms with van der Waals surface area (Å²) >= 11 is 0.